The molecule has 1 aliphatic rings. The predicted octanol–water partition coefficient (Wildman–Crippen LogP) is 3.49. The van der Waals surface area contributed by atoms with E-state index in [1.54, 1.807) is 11.3 Å². The third-order valence-corrected chi connectivity index (χ3v) is 4.50. The SMILES string of the molecule is Cc1cc2c(NCC3CCOCC3)nc(Cl)nc2s1. The molecule has 4 nitrogen and oxygen atoms in total. The molecule has 0 saturated carbocycles. The lowest BCUT2D eigenvalue weighted by atomic mass is 10.0. The van der Waals surface area contributed by atoms with E-state index < -0.39 is 0 Å². The molecule has 2 aromatic heterocycles. The smallest absolute Gasteiger partial charge is 0.225 e. The van der Waals surface area contributed by atoms with E-state index >= 15 is 0 Å². The minimum absolute atomic E-state index is 0.309. The van der Waals surface area contributed by atoms with Gasteiger partial charge in [-0.1, -0.05) is 0 Å². The van der Waals surface area contributed by atoms with Crippen LogP contribution in [-0.2, 0) is 4.74 Å². The molecule has 0 atom stereocenters. The molecule has 102 valence electrons. The molecule has 1 saturated heterocycles. The summed E-state index contributed by atoms with van der Waals surface area (Å²) in [5, 5.41) is 4.80. The number of nitrogens with one attached hydrogen (secondary N) is 1. The molecular weight excluding hydrogens is 282 g/mol. The number of rotatable bonds is 3. The first-order chi connectivity index (χ1) is 9.22. The van der Waals surface area contributed by atoms with Crippen LogP contribution in [0.5, 0.6) is 0 Å². The standard InChI is InChI=1S/C13H16ClN3OS/c1-8-6-10-11(16-13(14)17-12(10)19-8)15-7-9-2-4-18-5-3-9/h6,9H,2-5,7H2,1H3,(H,15,16,17). The molecule has 0 unspecified atom stereocenters. The van der Waals surface area contributed by atoms with Crippen LogP contribution in [-0.4, -0.2) is 29.7 Å². The highest BCUT2D eigenvalue weighted by atomic mass is 35.5. The van der Waals surface area contributed by atoms with Crippen molar-refractivity contribution in [2.45, 2.75) is 19.8 Å². The number of anilines is 1. The van der Waals surface area contributed by atoms with Crippen molar-refractivity contribution < 1.29 is 4.74 Å². The summed E-state index contributed by atoms with van der Waals surface area (Å²) in [6.45, 7) is 4.72. The lowest BCUT2D eigenvalue weighted by Crippen LogP contribution is -2.23. The van der Waals surface area contributed by atoms with Crippen LogP contribution in [0, 0.1) is 12.8 Å². The fourth-order valence-corrected chi connectivity index (χ4v) is 3.44. The van der Waals surface area contributed by atoms with Gasteiger partial charge in [-0.15, -0.1) is 11.3 Å². The third-order valence-electron chi connectivity index (χ3n) is 3.39. The van der Waals surface area contributed by atoms with Crippen LogP contribution in [0.3, 0.4) is 0 Å². The molecule has 2 aromatic rings. The van der Waals surface area contributed by atoms with Crippen molar-refractivity contribution in [3.8, 4) is 0 Å². The number of hydrogen-bond acceptors (Lipinski definition) is 5. The minimum Gasteiger partial charge on any atom is -0.381 e. The Labute approximate surface area is 121 Å². The fraction of sp³-hybridized carbons (Fsp3) is 0.538. The summed E-state index contributed by atoms with van der Waals surface area (Å²) in [5.74, 6) is 1.50. The summed E-state index contributed by atoms with van der Waals surface area (Å²) >= 11 is 7.63. The van der Waals surface area contributed by atoms with Gasteiger partial charge in [-0.05, 0) is 43.4 Å². The molecule has 0 amide bonds. The zero-order chi connectivity index (χ0) is 13.2. The van der Waals surface area contributed by atoms with Crippen LogP contribution in [0.25, 0.3) is 10.2 Å². The van der Waals surface area contributed by atoms with Crippen LogP contribution in [0.2, 0.25) is 5.28 Å². The second-order valence-electron chi connectivity index (χ2n) is 4.85. The highest BCUT2D eigenvalue weighted by Gasteiger charge is 2.15. The molecule has 0 bridgehead atoms. The average molecular weight is 298 g/mol. The van der Waals surface area contributed by atoms with Crippen molar-refractivity contribution in [2.24, 2.45) is 5.92 Å². The van der Waals surface area contributed by atoms with Gasteiger partial charge in [-0.2, -0.15) is 0 Å². The van der Waals surface area contributed by atoms with Gasteiger partial charge in [0, 0.05) is 24.6 Å². The van der Waals surface area contributed by atoms with Crippen molar-refractivity contribution >= 4 is 39.0 Å². The van der Waals surface area contributed by atoms with Gasteiger partial charge in [0.2, 0.25) is 5.28 Å². The van der Waals surface area contributed by atoms with E-state index in [0.717, 1.165) is 48.6 Å². The lowest BCUT2D eigenvalue weighted by Gasteiger charge is -2.22. The molecule has 0 spiro atoms. The first kappa shape index (κ1) is 13.1. The van der Waals surface area contributed by atoms with Crippen molar-refractivity contribution in [2.75, 3.05) is 25.1 Å². The number of ether oxygens (including phenoxy) is 1. The number of nitrogens with zero attached hydrogens (tertiary/aromatic N) is 2. The molecular formula is C13H16ClN3OS. The second-order valence-corrected chi connectivity index (χ2v) is 6.43. The van der Waals surface area contributed by atoms with E-state index in [9.17, 15) is 0 Å². The maximum absolute atomic E-state index is 5.98. The quantitative estimate of drug-likeness (QED) is 0.881. The normalized spacial score (nSPS) is 16.9. The summed E-state index contributed by atoms with van der Waals surface area (Å²) in [7, 11) is 0. The van der Waals surface area contributed by atoms with Gasteiger partial charge >= 0.3 is 0 Å². The van der Waals surface area contributed by atoms with Crippen molar-refractivity contribution in [3.05, 3.63) is 16.2 Å². The molecule has 3 heterocycles. The van der Waals surface area contributed by atoms with Crippen LogP contribution < -0.4 is 5.32 Å². The number of thiophene rings is 1. The Morgan fingerprint density at radius 3 is 3.00 bits per heavy atom. The summed E-state index contributed by atoms with van der Waals surface area (Å²) in [4.78, 5) is 10.8. The van der Waals surface area contributed by atoms with E-state index in [4.69, 9.17) is 16.3 Å². The Bertz CT molecular complexity index is 581. The summed E-state index contributed by atoms with van der Waals surface area (Å²) < 4.78 is 5.37. The van der Waals surface area contributed by atoms with Crippen LogP contribution in [0.4, 0.5) is 5.82 Å². The molecule has 3 rings (SSSR count). The summed E-state index contributed by atoms with van der Waals surface area (Å²) in [5.41, 5.74) is 0. The largest absolute Gasteiger partial charge is 0.381 e. The highest BCUT2D eigenvalue weighted by molar-refractivity contribution is 7.18. The minimum atomic E-state index is 0.309. The Hall–Kier alpha value is -0.910. The van der Waals surface area contributed by atoms with Gasteiger partial charge in [0.15, 0.2) is 0 Å². The van der Waals surface area contributed by atoms with Crippen molar-refractivity contribution in [1.82, 2.24) is 9.97 Å². The predicted molar refractivity (Wildman–Crippen MR) is 79.2 cm³/mol. The Kier molecular flexibility index (Phi) is 3.86. The van der Waals surface area contributed by atoms with E-state index in [1.807, 2.05) is 0 Å². The van der Waals surface area contributed by atoms with Crippen LogP contribution >= 0.6 is 22.9 Å². The molecule has 19 heavy (non-hydrogen) atoms. The molecule has 0 aliphatic carbocycles. The van der Waals surface area contributed by atoms with E-state index in [1.165, 1.54) is 4.88 Å². The Morgan fingerprint density at radius 2 is 2.21 bits per heavy atom. The summed E-state index contributed by atoms with van der Waals surface area (Å²) in [6, 6.07) is 2.11. The molecule has 1 fully saturated rings. The number of aromatic nitrogens is 2. The summed E-state index contributed by atoms with van der Waals surface area (Å²) in [6.07, 6.45) is 2.22. The Balaban J connectivity index is 1.79. The van der Waals surface area contributed by atoms with Gasteiger partial charge in [0.25, 0.3) is 0 Å². The zero-order valence-electron chi connectivity index (χ0n) is 10.8. The molecule has 1 aliphatic heterocycles. The van der Waals surface area contributed by atoms with Crippen LogP contribution in [0.1, 0.15) is 17.7 Å². The fourth-order valence-electron chi connectivity index (χ4n) is 2.34. The second kappa shape index (κ2) is 5.61. The van der Waals surface area contributed by atoms with Gasteiger partial charge in [0.05, 0.1) is 5.39 Å². The first-order valence-electron chi connectivity index (χ1n) is 6.47. The Morgan fingerprint density at radius 1 is 1.42 bits per heavy atom. The molecule has 6 heteroatoms. The number of aryl methyl sites for hydroxylation is 1. The molecule has 0 radical (unpaired) electrons. The topological polar surface area (TPSA) is 47.0 Å². The zero-order valence-corrected chi connectivity index (χ0v) is 12.4. The lowest BCUT2D eigenvalue weighted by molar-refractivity contribution is 0.0699. The van der Waals surface area contributed by atoms with E-state index in [2.05, 4.69) is 28.3 Å². The number of fused-ring (bicyclic) bond motifs is 1. The van der Waals surface area contributed by atoms with E-state index in [-0.39, 0.29) is 0 Å². The van der Waals surface area contributed by atoms with Crippen molar-refractivity contribution in [1.29, 1.82) is 0 Å². The molecule has 0 aromatic carbocycles. The third kappa shape index (κ3) is 2.99. The van der Waals surface area contributed by atoms with E-state index in [0.29, 0.717) is 11.2 Å². The maximum atomic E-state index is 5.98. The monoisotopic (exact) mass is 297 g/mol. The van der Waals surface area contributed by atoms with Gasteiger partial charge in [0.1, 0.15) is 10.6 Å². The van der Waals surface area contributed by atoms with Crippen LogP contribution in [0.15, 0.2) is 6.07 Å². The molecule has 1 N–H and O–H groups in total. The number of hydrogen-bond donors (Lipinski definition) is 1. The number of halogens is 1. The van der Waals surface area contributed by atoms with Gasteiger partial charge < -0.3 is 10.1 Å². The average Bonchev–Trinajstić information content (AvgIpc) is 2.77. The maximum Gasteiger partial charge on any atom is 0.225 e. The van der Waals surface area contributed by atoms with Crippen molar-refractivity contribution in [3.63, 3.8) is 0 Å². The van der Waals surface area contributed by atoms with Gasteiger partial charge in [-0.3, -0.25) is 0 Å². The van der Waals surface area contributed by atoms with Gasteiger partial charge in [-0.25, -0.2) is 9.97 Å². The first-order valence-corrected chi connectivity index (χ1v) is 7.67. The highest BCUT2D eigenvalue weighted by Crippen LogP contribution is 2.30.